The van der Waals surface area contributed by atoms with Gasteiger partial charge in [0.1, 0.15) is 5.75 Å². The van der Waals surface area contributed by atoms with Gasteiger partial charge in [0.25, 0.3) is 0 Å². The van der Waals surface area contributed by atoms with Crippen LogP contribution in [0.15, 0.2) is 18.2 Å². The molecule has 0 aromatic heterocycles. The lowest BCUT2D eigenvalue weighted by Gasteiger charge is -2.18. The maximum atomic E-state index is 12.6. The van der Waals surface area contributed by atoms with Gasteiger partial charge in [-0.05, 0) is 31.5 Å². The van der Waals surface area contributed by atoms with E-state index in [0.717, 1.165) is 6.07 Å². The third-order valence-electron chi connectivity index (χ3n) is 2.21. The summed E-state index contributed by atoms with van der Waals surface area (Å²) in [6.07, 6.45) is -4.07. The summed E-state index contributed by atoms with van der Waals surface area (Å²) in [7, 11) is 0. The highest BCUT2D eigenvalue weighted by Crippen LogP contribution is 2.37. The summed E-state index contributed by atoms with van der Waals surface area (Å²) in [5.41, 5.74) is 4.58. The fourth-order valence-electron chi connectivity index (χ4n) is 1.17. The van der Waals surface area contributed by atoms with Crippen LogP contribution in [0.25, 0.3) is 0 Å². The molecular weight excluding hydrogens is 219 g/mol. The van der Waals surface area contributed by atoms with Gasteiger partial charge in [-0.25, -0.2) is 0 Å². The Hall–Kier alpha value is -1.39. The number of rotatable bonds is 3. The highest BCUT2D eigenvalue weighted by Gasteiger charge is 2.34. The summed E-state index contributed by atoms with van der Waals surface area (Å²) in [5, 5.41) is 0. The van der Waals surface area contributed by atoms with Crippen LogP contribution in [0.5, 0.6) is 5.75 Å². The summed E-state index contributed by atoms with van der Waals surface area (Å²) < 4.78 is 43.1. The first-order valence-corrected chi connectivity index (χ1v) is 4.98. The Labute approximate surface area is 92.2 Å². The minimum absolute atomic E-state index is 0.0730. The molecule has 1 aromatic carbocycles. The first kappa shape index (κ1) is 12.7. The Morgan fingerprint density at radius 2 is 2.00 bits per heavy atom. The van der Waals surface area contributed by atoms with Crippen molar-refractivity contribution < 1.29 is 17.9 Å². The molecule has 2 nitrogen and oxygen atoms in total. The number of benzene rings is 1. The number of nitrogen functional groups attached to an aromatic ring is 1. The Morgan fingerprint density at radius 1 is 1.38 bits per heavy atom. The number of nitrogens with two attached hydrogens (primary N) is 1. The molecule has 0 radical (unpaired) electrons. The van der Waals surface area contributed by atoms with E-state index in [9.17, 15) is 13.2 Å². The van der Waals surface area contributed by atoms with Crippen molar-refractivity contribution in [2.45, 2.75) is 32.5 Å². The molecule has 1 aromatic rings. The smallest absolute Gasteiger partial charge is 0.420 e. The van der Waals surface area contributed by atoms with Gasteiger partial charge in [0, 0.05) is 5.69 Å². The van der Waals surface area contributed by atoms with Crippen LogP contribution in [0.1, 0.15) is 25.8 Å². The summed E-state index contributed by atoms with van der Waals surface area (Å²) in [6.45, 7) is 3.56. The molecule has 0 bridgehead atoms. The second kappa shape index (κ2) is 4.63. The van der Waals surface area contributed by atoms with Gasteiger partial charge in [0.05, 0.1) is 11.7 Å². The molecule has 0 saturated heterocycles. The number of ether oxygens (including phenoxy) is 1. The zero-order valence-electron chi connectivity index (χ0n) is 9.14. The zero-order chi connectivity index (χ0) is 12.3. The van der Waals surface area contributed by atoms with E-state index in [1.807, 2.05) is 6.92 Å². The summed E-state index contributed by atoms with van der Waals surface area (Å²) >= 11 is 0. The topological polar surface area (TPSA) is 35.2 Å². The lowest BCUT2D eigenvalue weighted by atomic mass is 10.1. The fraction of sp³-hybridized carbons (Fsp3) is 0.455. The van der Waals surface area contributed by atoms with Crippen molar-refractivity contribution in [1.29, 1.82) is 0 Å². The predicted molar refractivity (Wildman–Crippen MR) is 56.2 cm³/mol. The van der Waals surface area contributed by atoms with E-state index >= 15 is 0 Å². The van der Waals surface area contributed by atoms with Gasteiger partial charge in [-0.2, -0.15) is 13.2 Å². The van der Waals surface area contributed by atoms with Crippen molar-refractivity contribution in [2.24, 2.45) is 0 Å². The van der Waals surface area contributed by atoms with Gasteiger partial charge in [0.15, 0.2) is 0 Å². The number of anilines is 1. The largest absolute Gasteiger partial charge is 0.490 e. The van der Waals surface area contributed by atoms with Crippen LogP contribution >= 0.6 is 0 Å². The van der Waals surface area contributed by atoms with Crippen molar-refractivity contribution in [3.05, 3.63) is 23.8 Å². The molecule has 1 atom stereocenters. The molecule has 2 N–H and O–H groups in total. The van der Waals surface area contributed by atoms with Gasteiger partial charge >= 0.3 is 6.18 Å². The van der Waals surface area contributed by atoms with Crippen LogP contribution in [0.3, 0.4) is 0 Å². The van der Waals surface area contributed by atoms with Gasteiger partial charge < -0.3 is 10.5 Å². The van der Waals surface area contributed by atoms with Crippen LogP contribution in [0, 0.1) is 0 Å². The molecule has 5 heteroatoms. The highest BCUT2D eigenvalue weighted by molar-refractivity contribution is 5.49. The maximum Gasteiger partial charge on any atom is 0.420 e. The second-order valence-corrected chi connectivity index (χ2v) is 3.59. The molecule has 0 spiro atoms. The fourth-order valence-corrected chi connectivity index (χ4v) is 1.17. The molecular formula is C11H14F3NO. The SMILES string of the molecule is CC[C@@H](C)Oc1ccc(N)cc1C(F)(F)F. The van der Waals surface area contributed by atoms with Crippen molar-refractivity contribution in [3.8, 4) is 5.75 Å². The normalized spacial score (nSPS) is 13.6. The second-order valence-electron chi connectivity index (χ2n) is 3.59. The third kappa shape index (κ3) is 3.05. The molecule has 0 aliphatic rings. The Bertz CT molecular complexity index is 363. The van der Waals surface area contributed by atoms with Crippen molar-refractivity contribution in [3.63, 3.8) is 0 Å². The van der Waals surface area contributed by atoms with Gasteiger partial charge in [-0.15, -0.1) is 0 Å². The minimum Gasteiger partial charge on any atom is -0.490 e. The lowest BCUT2D eigenvalue weighted by molar-refractivity contribution is -0.139. The molecule has 16 heavy (non-hydrogen) atoms. The van der Waals surface area contributed by atoms with Crippen molar-refractivity contribution in [1.82, 2.24) is 0 Å². The van der Waals surface area contributed by atoms with E-state index in [4.69, 9.17) is 10.5 Å². The van der Waals surface area contributed by atoms with E-state index in [1.165, 1.54) is 12.1 Å². The molecule has 0 amide bonds. The first-order valence-electron chi connectivity index (χ1n) is 4.98. The lowest BCUT2D eigenvalue weighted by Crippen LogP contribution is -2.15. The molecule has 90 valence electrons. The van der Waals surface area contributed by atoms with E-state index in [2.05, 4.69) is 0 Å². The number of hydrogen-bond donors (Lipinski definition) is 1. The molecule has 0 aliphatic carbocycles. The van der Waals surface area contributed by atoms with Gasteiger partial charge in [0.2, 0.25) is 0 Å². The molecule has 1 rings (SSSR count). The Morgan fingerprint density at radius 3 is 2.50 bits per heavy atom. The van der Waals surface area contributed by atoms with Gasteiger partial charge in [-0.3, -0.25) is 0 Å². The van der Waals surface area contributed by atoms with E-state index in [1.54, 1.807) is 6.92 Å². The monoisotopic (exact) mass is 233 g/mol. The molecule has 0 aliphatic heterocycles. The Kier molecular flexibility index (Phi) is 3.67. The third-order valence-corrected chi connectivity index (χ3v) is 2.21. The number of halogens is 3. The zero-order valence-corrected chi connectivity index (χ0v) is 9.14. The van der Waals surface area contributed by atoms with E-state index in [0.29, 0.717) is 6.42 Å². The van der Waals surface area contributed by atoms with Crippen LogP contribution in [0.4, 0.5) is 18.9 Å². The number of hydrogen-bond acceptors (Lipinski definition) is 2. The molecule has 0 saturated carbocycles. The number of alkyl halides is 3. The summed E-state index contributed by atoms with van der Waals surface area (Å²) in [6, 6.07) is 3.54. The molecule has 0 unspecified atom stereocenters. The predicted octanol–water partition coefficient (Wildman–Crippen LogP) is 3.46. The van der Waals surface area contributed by atoms with Crippen molar-refractivity contribution >= 4 is 5.69 Å². The quantitative estimate of drug-likeness (QED) is 0.811. The highest BCUT2D eigenvalue weighted by atomic mass is 19.4. The van der Waals surface area contributed by atoms with E-state index in [-0.39, 0.29) is 17.5 Å². The van der Waals surface area contributed by atoms with Crippen LogP contribution in [-0.4, -0.2) is 6.10 Å². The average molecular weight is 233 g/mol. The average Bonchev–Trinajstić information content (AvgIpc) is 2.19. The Balaban J connectivity index is 3.08. The molecule has 0 heterocycles. The van der Waals surface area contributed by atoms with E-state index < -0.39 is 11.7 Å². The summed E-state index contributed by atoms with van der Waals surface area (Å²) in [4.78, 5) is 0. The first-order chi connectivity index (χ1) is 7.34. The van der Waals surface area contributed by atoms with Gasteiger partial charge in [-0.1, -0.05) is 6.92 Å². The van der Waals surface area contributed by atoms with Crippen molar-refractivity contribution in [2.75, 3.05) is 5.73 Å². The van der Waals surface area contributed by atoms with Crippen LogP contribution < -0.4 is 10.5 Å². The van der Waals surface area contributed by atoms with Crippen LogP contribution in [-0.2, 0) is 6.18 Å². The maximum absolute atomic E-state index is 12.6. The summed E-state index contributed by atoms with van der Waals surface area (Å²) in [5.74, 6) is -0.170. The molecule has 0 fully saturated rings. The standard InChI is InChI=1S/C11H14F3NO/c1-3-7(2)16-10-5-4-8(15)6-9(10)11(12,13)14/h4-7H,3,15H2,1-2H3/t7-/m1/s1. The van der Waals surface area contributed by atoms with Crippen LogP contribution in [0.2, 0.25) is 0 Å². The minimum atomic E-state index is -4.45.